The molecule has 84 valence electrons. The van der Waals surface area contributed by atoms with Crippen molar-refractivity contribution in [3.8, 4) is 0 Å². The first kappa shape index (κ1) is 12.3. The molecule has 1 fully saturated rings. The maximum absolute atomic E-state index is 10.7. The van der Waals surface area contributed by atoms with E-state index in [4.69, 9.17) is 10.00 Å². The second-order valence-corrected chi connectivity index (χ2v) is 4.20. The van der Waals surface area contributed by atoms with Gasteiger partial charge in [-0.3, -0.25) is 9.69 Å². The summed E-state index contributed by atoms with van der Waals surface area (Å²) in [5.74, 6) is 0.351. The minimum atomic E-state index is -2.24. The van der Waals surface area contributed by atoms with Crippen molar-refractivity contribution >= 4 is 14.0 Å². The van der Waals surface area contributed by atoms with Crippen LogP contribution in [0.4, 0.5) is 0 Å². The Labute approximate surface area is 88.4 Å². The molecule has 7 heteroatoms. The number of carboxylic acid groups (broad SMARTS) is 1. The Morgan fingerprint density at radius 3 is 3.00 bits per heavy atom. The zero-order valence-electron chi connectivity index (χ0n) is 8.17. The smallest absolute Gasteiger partial charge is 0.480 e. The van der Waals surface area contributed by atoms with Gasteiger partial charge in [-0.05, 0) is 10.6 Å². The summed E-state index contributed by atoms with van der Waals surface area (Å²) in [5, 5.41) is 11.7. The van der Waals surface area contributed by atoms with E-state index in [0.29, 0.717) is 19.6 Å². The van der Waals surface area contributed by atoms with Gasteiger partial charge in [0.2, 0.25) is 0 Å². The normalized spacial score (nSPS) is 24.3. The Morgan fingerprint density at radius 2 is 2.40 bits per heavy atom. The number of nitrogens with one attached hydrogen (secondary N) is 1. The molecule has 6 nitrogen and oxygen atoms in total. The molecule has 0 aromatic carbocycles. The molecule has 1 saturated heterocycles. The zero-order valence-corrected chi connectivity index (χ0v) is 9.06. The fourth-order valence-corrected chi connectivity index (χ4v) is 1.70. The number of aliphatic carboxylic acids is 1. The molecule has 1 heterocycles. The van der Waals surface area contributed by atoms with Crippen molar-refractivity contribution in [3.63, 3.8) is 0 Å². The van der Waals surface area contributed by atoms with Gasteiger partial charge >= 0.3 is 14.0 Å². The molecule has 0 spiro atoms. The molecule has 0 radical (unpaired) electrons. The van der Waals surface area contributed by atoms with E-state index in [-0.39, 0.29) is 0 Å². The Hall–Kier alpha value is -0.810. The van der Waals surface area contributed by atoms with Crippen LogP contribution in [0.25, 0.3) is 0 Å². The number of hydrogen-bond donors (Lipinski definition) is 3. The summed E-state index contributed by atoms with van der Waals surface area (Å²) in [6.07, 6.45) is 1.59. The molecule has 3 N–H and O–H groups in total. The third kappa shape index (κ3) is 4.48. The molecule has 0 saturated carbocycles. The standard InChI is InChI=1S/C8H13N2O4P/c11-8(12)7-6-10(4-2-9-7)3-1-5-15(13)14/h1,5,7,9H,2-4,6H2,(H-,11,12,13,14)/p+1. The van der Waals surface area contributed by atoms with E-state index in [1.807, 2.05) is 4.90 Å². The summed E-state index contributed by atoms with van der Waals surface area (Å²) < 4.78 is 10.3. The monoisotopic (exact) mass is 233 g/mol. The molecule has 2 atom stereocenters. The Kier molecular flexibility index (Phi) is 4.84. The van der Waals surface area contributed by atoms with Crippen LogP contribution in [0.1, 0.15) is 0 Å². The molecule has 0 amide bonds. The molecule has 15 heavy (non-hydrogen) atoms. The Balaban J connectivity index is 2.36. The third-order valence-corrected chi connectivity index (χ3v) is 2.62. The summed E-state index contributed by atoms with van der Waals surface area (Å²) in [4.78, 5) is 21.1. The van der Waals surface area contributed by atoms with E-state index in [1.165, 1.54) is 5.82 Å². The van der Waals surface area contributed by atoms with Crippen LogP contribution in [0.3, 0.4) is 0 Å². The Bertz CT molecular complexity index is 282. The lowest BCUT2D eigenvalue weighted by atomic mass is 10.2. The number of rotatable bonds is 4. The van der Waals surface area contributed by atoms with Gasteiger partial charge < -0.3 is 10.4 Å². The second-order valence-electron chi connectivity index (χ2n) is 3.29. The maximum Gasteiger partial charge on any atom is 0.537 e. The molecule has 0 aromatic heterocycles. The number of piperazine rings is 1. The lowest BCUT2D eigenvalue weighted by Crippen LogP contribution is -2.54. The van der Waals surface area contributed by atoms with Crippen molar-refractivity contribution in [2.45, 2.75) is 6.04 Å². The van der Waals surface area contributed by atoms with Gasteiger partial charge in [0.15, 0.2) is 5.82 Å². The quantitative estimate of drug-likeness (QED) is 0.572. The fourth-order valence-electron chi connectivity index (χ4n) is 1.43. The van der Waals surface area contributed by atoms with Crippen molar-refractivity contribution in [3.05, 3.63) is 11.9 Å². The SMILES string of the molecule is O=C(O)C1CN(CC=C[P+](=O)O)CCN1. The van der Waals surface area contributed by atoms with Gasteiger partial charge in [0.25, 0.3) is 0 Å². The first-order valence-electron chi connectivity index (χ1n) is 4.60. The topological polar surface area (TPSA) is 89.9 Å². The predicted octanol–water partition coefficient (Wildman–Crippen LogP) is -0.407. The lowest BCUT2D eigenvalue weighted by molar-refractivity contribution is -0.140. The summed E-state index contributed by atoms with van der Waals surface area (Å²) in [6.45, 7) is 2.29. The molecule has 0 aliphatic carbocycles. The summed E-state index contributed by atoms with van der Waals surface area (Å²) >= 11 is 0. The molecular weight excluding hydrogens is 219 g/mol. The molecule has 2 unspecified atom stereocenters. The summed E-state index contributed by atoms with van der Waals surface area (Å²) in [6, 6.07) is -0.546. The van der Waals surface area contributed by atoms with Gasteiger partial charge in [0, 0.05) is 26.2 Å². The van der Waals surface area contributed by atoms with Crippen LogP contribution < -0.4 is 5.32 Å². The van der Waals surface area contributed by atoms with Crippen LogP contribution in [0.2, 0.25) is 0 Å². The van der Waals surface area contributed by atoms with Gasteiger partial charge in [-0.1, -0.05) is 0 Å². The lowest BCUT2D eigenvalue weighted by Gasteiger charge is -2.30. The van der Waals surface area contributed by atoms with E-state index in [1.54, 1.807) is 6.08 Å². The molecule has 0 bridgehead atoms. The second kappa shape index (κ2) is 5.92. The van der Waals surface area contributed by atoms with Crippen LogP contribution in [0, 0.1) is 0 Å². The maximum atomic E-state index is 10.7. The number of nitrogens with zero attached hydrogens (tertiary/aromatic N) is 1. The molecule has 1 rings (SSSR count). The van der Waals surface area contributed by atoms with Gasteiger partial charge in [0.1, 0.15) is 6.04 Å². The molecule has 1 aliphatic heterocycles. The average Bonchev–Trinajstić information content (AvgIpc) is 2.17. The van der Waals surface area contributed by atoms with Crippen molar-refractivity contribution in [1.29, 1.82) is 0 Å². The van der Waals surface area contributed by atoms with Crippen LogP contribution in [0.5, 0.6) is 0 Å². The van der Waals surface area contributed by atoms with Gasteiger partial charge in [-0.15, -0.1) is 0 Å². The third-order valence-electron chi connectivity index (χ3n) is 2.15. The highest BCUT2D eigenvalue weighted by Crippen LogP contribution is 2.13. The van der Waals surface area contributed by atoms with E-state index < -0.39 is 20.0 Å². The van der Waals surface area contributed by atoms with Crippen molar-refractivity contribution < 1.29 is 19.4 Å². The Morgan fingerprint density at radius 1 is 1.67 bits per heavy atom. The van der Waals surface area contributed by atoms with Crippen LogP contribution in [-0.2, 0) is 9.36 Å². The first-order valence-corrected chi connectivity index (χ1v) is 5.88. The molecular formula is C8H14N2O4P+. The average molecular weight is 233 g/mol. The highest BCUT2D eigenvalue weighted by atomic mass is 31.1. The first-order chi connectivity index (χ1) is 7.09. The number of carboxylic acids is 1. The van der Waals surface area contributed by atoms with Gasteiger partial charge in [0.05, 0.1) is 0 Å². The highest BCUT2D eigenvalue weighted by molar-refractivity contribution is 7.41. The zero-order chi connectivity index (χ0) is 11.3. The molecule has 0 aromatic rings. The van der Waals surface area contributed by atoms with Crippen LogP contribution in [-0.4, -0.2) is 53.1 Å². The summed E-state index contributed by atoms with van der Waals surface area (Å²) in [5.41, 5.74) is 0. The fraction of sp³-hybridized carbons (Fsp3) is 0.625. The minimum Gasteiger partial charge on any atom is -0.480 e. The van der Waals surface area contributed by atoms with Crippen molar-refractivity contribution in [2.24, 2.45) is 0 Å². The summed E-state index contributed by atoms with van der Waals surface area (Å²) in [7, 11) is -2.24. The highest BCUT2D eigenvalue weighted by Gasteiger charge is 2.23. The van der Waals surface area contributed by atoms with E-state index in [0.717, 1.165) is 6.54 Å². The van der Waals surface area contributed by atoms with E-state index in [9.17, 15) is 9.36 Å². The predicted molar refractivity (Wildman–Crippen MR) is 54.8 cm³/mol. The van der Waals surface area contributed by atoms with Gasteiger partial charge in [-0.25, -0.2) is 0 Å². The van der Waals surface area contributed by atoms with E-state index >= 15 is 0 Å². The van der Waals surface area contributed by atoms with Crippen LogP contribution in [0.15, 0.2) is 11.9 Å². The minimum absolute atomic E-state index is 0.419. The molecule has 1 aliphatic rings. The van der Waals surface area contributed by atoms with Crippen molar-refractivity contribution in [2.75, 3.05) is 26.2 Å². The number of hydrogen-bond acceptors (Lipinski definition) is 4. The van der Waals surface area contributed by atoms with Gasteiger partial charge in [-0.2, -0.15) is 4.89 Å². The number of carbonyl (C=O) groups is 1. The van der Waals surface area contributed by atoms with E-state index in [2.05, 4.69) is 5.32 Å². The van der Waals surface area contributed by atoms with Crippen molar-refractivity contribution in [1.82, 2.24) is 10.2 Å². The largest absolute Gasteiger partial charge is 0.537 e. The van der Waals surface area contributed by atoms with Crippen LogP contribution >= 0.6 is 8.03 Å².